The summed E-state index contributed by atoms with van der Waals surface area (Å²) in [6.07, 6.45) is 1.84. The Bertz CT molecular complexity index is 827. The van der Waals surface area contributed by atoms with Gasteiger partial charge in [-0.05, 0) is 24.0 Å². The third-order valence-electron chi connectivity index (χ3n) is 3.56. The summed E-state index contributed by atoms with van der Waals surface area (Å²) in [7, 11) is 1.77. The molecule has 0 unspecified atom stereocenters. The molecule has 0 spiro atoms. The molecule has 7 heteroatoms. The molecule has 0 aliphatic carbocycles. The van der Waals surface area contributed by atoms with Crippen molar-refractivity contribution in [1.82, 2.24) is 14.9 Å². The number of nitrogens with zero attached hydrogens (tertiary/aromatic N) is 4. The second-order valence-corrected chi connectivity index (χ2v) is 5.76. The van der Waals surface area contributed by atoms with E-state index in [2.05, 4.69) is 9.97 Å². The summed E-state index contributed by atoms with van der Waals surface area (Å²) in [6, 6.07) is 7.52. The Balaban J connectivity index is 2.10. The number of rotatable bonds is 2. The number of carbonyl (C=O) groups excluding carboxylic acids is 1. The number of anilines is 1. The molecule has 1 aliphatic rings. The van der Waals surface area contributed by atoms with Crippen molar-refractivity contribution in [1.29, 1.82) is 5.26 Å². The van der Waals surface area contributed by atoms with Crippen LogP contribution in [0.3, 0.4) is 0 Å². The van der Waals surface area contributed by atoms with Gasteiger partial charge in [0.1, 0.15) is 22.5 Å². The van der Waals surface area contributed by atoms with Crippen molar-refractivity contribution in [3.63, 3.8) is 0 Å². The molecule has 1 aromatic heterocycles. The minimum absolute atomic E-state index is 0.0200. The van der Waals surface area contributed by atoms with E-state index < -0.39 is 0 Å². The summed E-state index contributed by atoms with van der Waals surface area (Å²) >= 11 is 1.35. The Labute approximate surface area is 132 Å². The number of carbonyl (C=O) groups is 1. The zero-order chi connectivity index (χ0) is 15.9. The highest BCUT2D eigenvalue weighted by molar-refractivity contribution is 7.98. The SMILES string of the molecule is CSc1nc(-c2ccc3c(c2)CN(C)C3=O)nc(N)c1C#N. The summed E-state index contributed by atoms with van der Waals surface area (Å²) in [5.74, 6) is 0.655. The number of thioether (sulfide) groups is 1. The summed E-state index contributed by atoms with van der Waals surface area (Å²) in [5.41, 5.74) is 8.59. The normalized spacial score (nSPS) is 13.1. The van der Waals surface area contributed by atoms with Crippen molar-refractivity contribution in [2.45, 2.75) is 11.6 Å². The quantitative estimate of drug-likeness (QED) is 0.672. The maximum absolute atomic E-state index is 11.9. The number of hydrogen-bond donors (Lipinski definition) is 1. The summed E-state index contributed by atoms with van der Waals surface area (Å²) in [5, 5.41) is 9.66. The van der Waals surface area contributed by atoms with Gasteiger partial charge in [-0.2, -0.15) is 5.26 Å². The average Bonchev–Trinajstić information content (AvgIpc) is 2.80. The Morgan fingerprint density at radius 3 is 2.86 bits per heavy atom. The third-order valence-corrected chi connectivity index (χ3v) is 4.24. The molecule has 110 valence electrons. The van der Waals surface area contributed by atoms with Gasteiger partial charge in [0.15, 0.2) is 5.82 Å². The van der Waals surface area contributed by atoms with Crippen LogP contribution in [0, 0.1) is 11.3 Å². The number of nitrogens with two attached hydrogens (primary N) is 1. The number of nitriles is 1. The third kappa shape index (κ3) is 2.18. The first-order valence-electron chi connectivity index (χ1n) is 6.55. The Morgan fingerprint density at radius 2 is 2.18 bits per heavy atom. The molecule has 2 N–H and O–H groups in total. The van der Waals surface area contributed by atoms with Gasteiger partial charge in [-0.25, -0.2) is 9.97 Å². The van der Waals surface area contributed by atoms with Crippen LogP contribution in [-0.2, 0) is 6.54 Å². The summed E-state index contributed by atoms with van der Waals surface area (Å²) < 4.78 is 0. The van der Waals surface area contributed by atoms with E-state index in [-0.39, 0.29) is 11.7 Å². The van der Waals surface area contributed by atoms with Crippen LogP contribution >= 0.6 is 11.8 Å². The first kappa shape index (κ1) is 14.4. The van der Waals surface area contributed by atoms with Gasteiger partial charge in [0.05, 0.1) is 0 Å². The first-order valence-corrected chi connectivity index (χ1v) is 7.78. The van der Waals surface area contributed by atoms with Crippen molar-refractivity contribution in [2.24, 2.45) is 0 Å². The van der Waals surface area contributed by atoms with Crippen LogP contribution in [0.25, 0.3) is 11.4 Å². The van der Waals surface area contributed by atoms with Gasteiger partial charge in [0, 0.05) is 24.7 Å². The van der Waals surface area contributed by atoms with Crippen LogP contribution in [0.5, 0.6) is 0 Å². The van der Waals surface area contributed by atoms with Crippen molar-refractivity contribution >= 4 is 23.5 Å². The maximum Gasteiger partial charge on any atom is 0.254 e. The van der Waals surface area contributed by atoms with Crippen LogP contribution in [-0.4, -0.2) is 34.1 Å². The van der Waals surface area contributed by atoms with Crippen molar-refractivity contribution in [3.8, 4) is 17.5 Å². The standard InChI is InChI=1S/C15H13N5OS/c1-20-7-9-5-8(3-4-10(9)15(20)21)13-18-12(17)11(6-16)14(19-13)22-2/h3-5H,7H2,1-2H3,(H2,17,18,19). The molecule has 0 saturated carbocycles. The van der Waals surface area contributed by atoms with Gasteiger partial charge in [0.25, 0.3) is 5.91 Å². The van der Waals surface area contributed by atoms with Gasteiger partial charge >= 0.3 is 0 Å². The zero-order valence-corrected chi connectivity index (χ0v) is 12.9. The molecule has 2 heterocycles. The summed E-state index contributed by atoms with van der Waals surface area (Å²) in [4.78, 5) is 22.2. The molecule has 1 aliphatic heterocycles. The molecule has 1 amide bonds. The highest BCUT2D eigenvalue weighted by Crippen LogP contribution is 2.29. The number of fused-ring (bicyclic) bond motifs is 1. The highest BCUT2D eigenvalue weighted by Gasteiger charge is 2.25. The van der Waals surface area contributed by atoms with E-state index in [4.69, 9.17) is 11.0 Å². The van der Waals surface area contributed by atoms with E-state index in [9.17, 15) is 4.79 Å². The van der Waals surface area contributed by atoms with E-state index in [0.29, 0.717) is 28.5 Å². The lowest BCUT2D eigenvalue weighted by Gasteiger charge is -2.07. The lowest BCUT2D eigenvalue weighted by atomic mass is 10.1. The largest absolute Gasteiger partial charge is 0.382 e. The van der Waals surface area contributed by atoms with E-state index in [1.807, 2.05) is 18.4 Å². The molecular weight excluding hydrogens is 298 g/mol. The van der Waals surface area contributed by atoms with Crippen molar-refractivity contribution in [2.75, 3.05) is 19.0 Å². The zero-order valence-electron chi connectivity index (χ0n) is 12.1. The minimum atomic E-state index is 0.0200. The monoisotopic (exact) mass is 311 g/mol. The number of nitrogen functional groups attached to an aromatic ring is 1. The van der Waals surface area contributed by atoms with Crippen LogP contribution in [0.15, 0.2) is 23.2 Å². The second kappa shape index (κ2) is 5.31. The molecule has 0 radical (unpaired) electrons. The van der Waals surface area contributed by atoms with Crippen LogP contribution in [0.2, 0.25) is 0 Å². The molecule has 2 aromatic rings. The Morgan fingerprint density at radius 1 is 1.41 bits per heavy atom. The molecule has 0 fully saturated rings. The van der Waals surface area contributed by atoms with Crippen LogP contribution in [0.4, 0.5) is 5.82 Å². The number of benzene rings is 1. The first-order chi connectivity index (χ1) is 10.5. The fraction of sp³-hybridized carbons (Fsp3) is 0.200. The van der Waals surface area contributed by atoms with Gasteiger partial charge < -0.3 is 10.6 Å². The molecule has 22 heavy (non-hydrogen) atoms. The lowest BCUT2D eigenvalue weighted by molar-refractivity contribution is 0.0816. The van der Waals surface area contributed by atoms with Gasteiger partial charge in [0.2, 0.25) is 0 Å². The number of aromatic nitrogens is 2. The number of hydrogen-bond acceptors (Lipinski definition) is 6. The van der Waals surface area contributed by atoms with Crippen LogP contribution in [0.1, 0.15) is 21.5 Å². The predicted octanol–water partition coefficient (Wildman–Crippen LogP) is 1.90. The van der Waals surface area contributed by atoms with Gasteiger partial charge in [-0.3, -0.25) is 4.79 Å². The number of amides is 1. The van der Waals surface area contributed by atoms with Crippen molar-refractivity contribution < 1.29 is 4.79 Å². The molecule has 0 atom stereocenters. The average molecular weight is 311 g/mol. The van der Waals surface area contributed by atoms with E-state index in [1.165, 1.54) is 11.8 Å². The van der Waals surface area contributed by atoms with Crippen molar-refractivity contribution in [3.05, 3.63) is 34.9 Å². The Hall–Kier alpha value is -2.59. The molecule has 0 saturated heterocycles. The lowest BCUT2D eigenvalue weighted by Crippen LogP contribution is -2.17. The van der Waals surface area contributed by atoms with Gasteiger partial charge in [-0.1, -0.05) is 6.07 Å². The predicted molar refractivity (Wildman–Crippen MR) is 84.2 cm³/mol. The molecule has 1 aromatic carbocycles. The maximum atomic E-state index is 11.9. The van der Waals surface area contributed by atoms with Crippen LogP contribution < -0.4 is 5.73 Å². The second-order valence-electron chi connectivity index (χ2n) is 4.96. The topological polar surface area (TPSA) is 95.9 Å². The molecule has 3 rings (SSSR count). The van der Waals surface area contributed by atoms with E-state index in [0.717, 1.165) is 11.1 Å². The van der Waals surface area contributed by atoms with E-state index in [1.54, 1.807) is 24.1 Å². The molecule has 0 bridgehead atoms. The van der Waals surface area contributed by atoms with E-state index >= 15 is 0 Å². The Kier molecular flexibility index (Phi) is 3.47. The fourth-order valence-electron chi connectivity index (χ4n) is 2.44. The minimum Gasteiger partial charge on any atom is -0.382 e. The van der Waals surface area contributed by atoms with Gasteiger partial charge in [-0.15, -0.1) is 11.8 Å². The molecular formula is C15H13N5OS. The smallest absolute Gasteiger partial charge is 0.254 e. The highest BCUT2D eigenvalue weighted by atomic mass is 32.2. The summed E-state index contributed by atoms with van der Waals surface area (Å²) in [6.45, 7) is 0.573. The fourth-order valence-corrected chi connectivity index (χ4v) is 2.98. The molecule has 6 nitrogen and oxygen atoms in total.